The summed E-state index contributed by atoms with van der Waals surface area (Å²) in [5.41, 5.74) is 1.22. The van der Waals surface area contributed by atoms with Crippen LogP contribution in [0.5, 0.6) is 0 Å². The number of thiophene rings is 1. The average Bonchev–Trinajstić information content (AvgIpc) is 2.47. The Labute approximate surface area is 80.6 Å². The molecule has 1 aromatic rings. The molecule has 0 bridgehead atoms. The van der Waals surface area contributed by atoms with Gasteiger partial charge >= 0.3 is 5.97 Å². The van der Waals surface area contributed by atoms with E-state index >= 15 is 0 Å². The standard InChI is InChI=1S/C9H9NO2S/c1-3-12-9(11)7-5-13-8(4-10)6(7)2/h5H,3H2,1-2H3. The van der Waals surface area contributed by atoms with Gasteiger partial charge in [0.05, 0.1) is 12.2 Å². The maximum Gasteiger partial charge on any atom is 0.339 e. The Bertz CT molecular complexity index is 362. The minimum Gasteiger partial charge on any atom is -0.462 e. The molecule has 1 aromatic heterocycles. The summed E-state index contributed by atoms with van der Waals surface area (Å²) in [7, 11) is 0. The first-order valence-corrected chi connectivity index (χ1v) is 4.74. The number of esters is 1. The van der Waals surface area contributed by atoms with E-state index in [-0.39, 0.29) is 5.97 Å². The molecule has 0 spiro atoms. The molecule has 4 heteroatoms. The van der Waals surface area contributed by atoms with Crippen LogP contribution in [-0.2, 0) is 4.74 Å². The molecule has 1 rings (SSSR count). The highest BCUT2D eigenvalue weighted by atomic mass is 32.1. The molecule has 0 atom stereocenters. The quantitative estimate of drug-likeness (QED) is 0.679. The molecule has 68 valence electrons. The summed E-state index contributed by atoms with van der Waals surface area (Å²) in [6.45, 7) is 3.86. The second kappa shape index (κ2) is 4.06. The lowest BCUT2D eigenvalue weighted by atomic mass is 10.2. The van der Waals surface area contributed by atoms with E-state index in [1.54, 1.807) is 19.2 Å². The fraction of sp³-hybridized carbons (Fsp3) is 0.333. The summed E-state index contributed by atoms with van der Waals surface area (Å²) in [6.07, 6.45) is 0. The summed E-state index contributed by atoms with van der Waals surface area (Å²) in [4.78, 5) is 11.8. The number of rotatable bonds is 2. The van der Waals surface area contributed by atoms with Crippen molar-refractivity contribution in [2.24, 2.45) is 0 Å². The van der Waals surface area contributed by atoms with Gasteiger partial charge in [-0.15, -0.1) is 11.3 Å². The molecule has 13 heavy (non-hydrogen) atoms. The van der Waals surface area contributed by atoms with Crippen molar-refractivity contribution in [2.45, 2.75) is 13.8 Å². The molecule has 0 aliphatic rings. The van der Waals surface area contributed by atoms with Crippen molar-refractivity contribution in [3.8, 4) is 6.07 Å². The third-order valence-corrected chi connectivity index (χ3v) is 2.62. The summed E-state index contributed by atoms with van der Waals surface area (Å²) in [6, 6.07) is 2.02. The van der Waals surface area contributed by atoms with Crippen molar-refractivity contribution in [3.63, 3.8) is 0 Å². The van der Waals surface area contributed by atoms with E-state index < -0.39 is 0 Å². The topological polar surface area (TPSA) is 50.1 Å². The predicted octanol–water partition coefficient (Wildman–Crippen LogP) is 2.10. The Kier molecular flexibility index (Phi) is 3.04. The molecular weight excluding hydrogens is 186 g/mol. The van der Waals surface area contributed by atoms with Gasteiger partial charge < -0.3 is 4.74 Å². The summed E-state index contributed by atoms with van der Waals surface area (Å²) in [5.74, 6) is -0.349. The Hall–Kier alpha value is -1.34. The SMILES string of the molecule is CCOC(=O)c1csc(C#N)c1C. The first-order valence-electron chi connectivity index (χ1n) is 3.86. The molecule has 0 unspecified atom stereocenters. The first kappa shape index (κ1) is 9.75. The number of carbonyl (C=O) groups excluding carboxylic acids is 1. The van der Waals surface area contributed by atoms with Gasteiger partial charge in [-0.3, -0.25) is 0 Å². The lowest BCUT2D eigenvalue weighted by Crippen LogP contribution is -2.04. The largest absolute Gasteiger partial charge is 0.462 e. The summed E-state index contributed by atoms with van der Waals surface area (Å²) < 4.78 is 4.82. The molecule has 0 aromatic carbocycles. The van der Waals surface area contributed by atoms with Gasteiger partial charge in [-0.05, 0) is 19.4 Å². The molecule has 0 saturated heterocycles. The van der Waals surface area contributed by atoms with E-state index in [0.717, 1.165) is 0 Å². The molecule has 0 aliphatic heterocycles. The fourth-order valence-corrected chi connectivity index (χ4v) is 1.79. The number of ether oxygens (including phenoxy) is 1. The first-order chi connectivity index (χ1) is 6.20. The van der Waals surface area contributed by atoms with Gasteiger partial charge in [0.15, 0.2) is 0 Å². The number of carbonyl (C=O) groups is 1. The number of hydrogen-bond acceptors (Lipinski definition) is 4. The highest BCUT2D eigenvalue weighted by Gasteiger charge is 2.14. The van der Waals surface area contributed by atoms with Crippen molar-refractivity contribution >= 4 is 17.3 Å². The van der Waals surface area contributed by atoms with Crippen LogP contribution < -0.4 is 0 Å². The maximum atomic E-state index is 11.3. The van der Waals surface area contributed by atoms with Crippen molar-refractivity contribution in [1.29, 1.82) is 5.26 Å². The zero-order valence-corrected chi connectivity index (χ0v) is 8.27. The molecule has 0 saturated carbocycles. The molecule has 0 aliphatic carbocycles. The third kappa shape index (κ3) is 1.87. The van der Waals surface area contributed by atoms with Crippen molar-refractivity contribution in [2.75, 3.05) is 6.61 Å². The van der Waals surface area contributed by atoms with Crippen LogP contribution in [0.4, 0.5) is 0 Å². The molecule has 0 fully saturated rings. The van der Waals surface area contributed by atoms with Gasteiger partial charge in [-0.25, -0.2) is 4.79 Å². The molecule has 0 radical (unpaired) electrons. The zero-order valence-electron chi connectivity index (χ0n) is 7.46. The van der Waals surface area contributed by atoms with Crippen LogP contribution in [0.25, 0.3) is 0 Å². The maximum absolute atomic E-state index is 11.3. The second-order valence-corrected chi connectivity index (χ2v) is 3.32. The van der Waals surface area contributed by atoms with Gasteiger partial charge in [-0.1, -0.05) is 0 Å². The molecule has 0 N–H and O–H groups in total. The predicted molar refractivity (Wildman–Crippen MR) is 49.7 cm³/mol. The highest BCUT2D eigenvalue weighted by molar-refractivity contribution is 7.11. The van der Waals surface area contributed by atoms with Crippen LogP contribution in [0, 0.1) is 18.3 Å². The average molecular weight is 195 g/mol. The Balaban J connectivity index is 2.97. The minimum atomic E-state index is -0.349. The van der Waals surface area contributed by atoms with E-state index in [1.807, 2.05) is 6.07 Å². The monoisotopic (exact) mass is 195 g/mol. The molecular formula is C9H9NO2S. The summed E-state index contributed by atoms with van der Waals surface area (Å²) in [5, 5.41) is 10.3. The summed E-state index contributed by atoms with van der Waals surface area (Å²) >= 11 is 1.27. The van der Waals surface area contributed by atoms with Gasteiger partial charge in [-0.2, -0.15) is 5.26 Å². The third-order valence-electron chi connectivity index (χ3n) is 1.64. The Morgan fingerprint density at radius 2 is 2.46 bits per heavy atom. The minimum absolute atomic E-state index is 0.349. The zero-order chi connectivity index (χ0) is 9.84. The lowest BCUT2D eigenvalue weighted by molar-refractivity contribution is 0.0526. The molecule has 3 nitrogen and oxygen atoms in total. The van der Waals surface area contributed by atoms with Gasteiger partial charge in [0.1, 0.15) is 10.9 Å². The number of hydrogen-bond donors (Lipinski definition) is 0. The van der Waals surface area contributed by atoms with Gasteiger partial charge in [0.2, 0.25) is 0 Å². The number of nitrogens with zero attached hydrogens (tertiary/aromatic N) is 1. The van der Waals surface area contributed by atoms with E-state index in [0.29, 0.717) is 22.6 Å². The normalized spacial score (nSPS) is 9.31. The van der Waals surface area contributed by atoms with E-state index in [2.05, 4.69) is 0 Å². The Morgan fingerprint density at radius 1 is 1.77 bits per heavy atom. The fourth-order valence-electron chi connectivity index (χ4n) is 0.937. The highest BCUT2D eigenvalue weighted by Crippen LogP contribution is 2.21. The lowest BCUT2D eigenvalue weighted by Gasteiger charge is -1.99. The molecule has 0 amide bonds. The Morgan fingerprint density at radius 3 is 2.92 bits per heavy atom. The van der Waals surface area contributed by atoms with Crippen LogP contribution in [0.1, 0.15) is 27.7 Å². The molecule has 1 heterocycles. The number of nitriles is 1. The van der Waals surface area contributed by atoms with Crippen LogP contribution >= 0.6 is 11.3 Å². The smallest absolute Gasteiger partial charge is 0.339 e. The van der Waals surface area contributed by atoms with E-state index in [4.69, 9.17) is 10.00 Å². The van der Waals surface area contributed by atoms with Crippen LogP contribution in [0.3, 0.4) is 0 Å². The van der Waals surface area contributed by atoms with Crippen LogP contribution in [0.2, 0.25) is 0 Å². The van der Waals surface area contributed by atoms with Crippen molar-refractivity contribution in [3.05, 3.63) is 21.4 Å². The van der Waals surface area contributed by atoms with E-state index in [1.165, 1.54) is 11.3 Å². The van der Waals surface area contributed by atoms with Gasteiger partial charge in [0, 0.05) is 5.38 Å². The van der Waals surface area contributed by atoms with Crippen LogP contribution in [-0.4, -0.2) is 12.6 Å². The van der Waals surface area contributed by atoms with Crippen LogP contribution in [0.15, 0.2) is 5.38 Å². The van der Waals surface area contributed by atoms with Gasteiger partial charge in [0.25, 0.3) is 0 Å². The van der Waals surface area contributed by atoms with E-state index in [9.17, 15) is 4.79 Å². The van der Waals surface area contributed by atoms with Crippen molar-refractivity contribution < 1.29 is 9.53 Å². The van der Waals surface area contributed by atoms with Crippen molar-refractivity contribution in [1.82, 2.24) is 0 Å². The second-order valence-electron chi connectivity index (χ2n) is 2.44.